The predicted molar refractivity (Wildman–Crippen MR) is 219 cm³/mol. The first-order valence-electron chi connectivity index (χ1n) is 22.4. The number of ether oxygens (including phenoxy) is 2. The molecule has 51 heavy (non-hydrogen) atoms. The number of carbonyl (C=O) groups is 2. The molecule has 1 N–H and O–H groups in total. The lowest BCUT2D eigenvalue weighted by atomic mass is 10.0. The van der Waals surface area contributed by atoms with Gasteiger partial charge in [0.2, 0.25) is 0 Å². The van der Waals surface area contributed by atoms with Gasteiger partial charge in [0.15, 0.2) is 6.10 Å². The minimum Gasteiger partial charge on any atom is -0.462 e. The fourth-order valence-corrected chi connectivity index (χ4v) is 6.59. The van der Waals surface area contributed by atoms with Gasteiger partial charge in [-0.25, -0.2) is 0 Å². The number of hydrogen-bond acceptors (Lipinski definition) is 5. The number of rotatable bonds is 41. The number of carbonyl (C=O) groups excluding carboxylic acids is 2. The Balaban J connectivity index is 3.36. The van der Waals surface area contributed by atoms with Gasteiger partial charge in [0.1, 0.15) is 6.61 Å². The molecular formula is C46H86O5. The summed E-state index contributed by atoms with van der Waals surface area (Å²) in [6.07, 6.45) is 51.6. The fraction of sp³-hybridized carbons (Fsp3) is 0.870. The van der Waals surface area contributed by atoms with Gasteiger partial charge in [0, 0.05) is 12.8 Å². The Bertz CT molecular complexity index is 776. The quantitative estimate of drug-likeness (QED) is 0.0387. The molecule has 5 heteroatoms. The van der Waals surface area contributed by atoms with Crippen LogP contribution < -0.4 is 0 Å². The maximum Gasteiger partial charge on any atom is 0.306 e. The Kier molecular flexibility index (Phi) is 41.4. The molecular weight excluding hydrogens is 633 g/mol. The molecule has 0 rings (SSSR count). The lowest BCUT2D eigenvalue weighted by Gasteiger charge is -2.15. The first-order chi connectivity index (χ1) is 25.1. The highest BCUT2D eigenvalue weighted by atomic mass is 16.6. The summed E-state index contributed by atoms with van der Waals surface area (Å²) in [6.45, 7) is 4.08. The molecule has 0 saturated carbocycles. The van der Waals surface area contributed by atoms with E-state index in [1.807, 2.05) is 0 Å². The Morgan fingerprint density at radius 1 is 0.451 bits per heavy atom. The molecule has 0 aliphatic carbocycles. The summed E-state index contributed by atoms with van der Waals surface area (Å²) in [5.41, 5.74) is 0. The first-order valence-corrected chi connectivity index (χ1v) is 22.4. The Hall–Kier alpha value is -1.62. The largest absolute Gasteiger partial charge is 0.462 e. The predicted octanol–water partition coefficient (Wildman–Crippen LogP) is 14.2. The fourth-order valence-electron chi connectivity index (χ4n) is 6.59. The van der Waals surface area contributed by atoms with E-state index in [1.165, 1.54) is 167 Å². The Morgan fingerprint density at radius 2 is 0.784 bits per heavy atom. The molecule has 0 heterocycles. The van der Waals surface area contributed by atoms with E-state index in [1.54, 1.807) is 0 Å². The molecule has 0 fully saturated rings. The van der Waals surface area contributed by atoms with Gasteiger partial charge in [0.05, 0.1) is 6.61 Å². The van der Waals surface area contributed by atoms with E-state index in [4.69, 9.17) is 9.47 Å². The van der Waals surface area contributed by atoms with Crippen molar-refractivity contribution in [3.05, 3.63) is 24.3 Å². The average molecular weight is 719 g/mol. The van der Waals surface area contributed by atoms with Gasteiger partial charge in [0.25, 0.3) is 0 Å². The number of esters is 2. The van der Waals surface area contributed by atoms with Crippen LogP contribution in [0.25, 0.3) is 0 Å². The van der Waals surface area contributed by atoms with Crippen LogP contribution in [0, 0.1) is 0 Å². The van der Waals surface area contributed by atoms with Gasteiger partial charge in [-0.3, -0.25) is 9.59 Å². The zero-order chi connectivity index (χ0) is 37.1. The summed E-state index contributed by atoms with van der Waals surface area (Å²) in [7, 11) is 0. The van der Waals surface area contributed by atoms with E-state index in [-0.39, 0.29) is 25.2 Å². The zero-order valence-corrected chi connectivity index (χ0v) is 34.1. The first kappa shape index (κ1) is 49.4. The van der Waals surface area contributed by atoms with Crippen LogP contribution >= 0.6 is 0 Å². The van der Waals surface area contributed by atoms with Crippen LogP contribution in [0.4, 0.5) is 0 Å². The molecule has 1 unspecified atom stereocenters. The molecule has 0 aromatic carbocycles. The van der Waals surface area contributed by atoms with Gasteiger partial charge in [-0.1, -0.05) is 205 Å². The van der Waals surface area contributed by atoms with Crippen molar-refractivity contribution in [3.8, 4) is 0 Å². The molecule has 0 spiro atoms. The summed E-state index contributed by atoms with van der Waals surface area (Å²) in [5, 5.41) is 9.50. The number of aliphatic hydroxyl groups is 1. The Labute approximate surface area is 317 Å². The summed E-state index contributed by atoms with van der Waals surface area (Å²) in [6, 6.07) is 0. The minimum atomic E-state index is -0.763. The van der Waals surface area contributed by atoms with Gasteiger partial charge in [-0.05, 0) is 44.9 Å². The second-order valence-corrected chi connectivity index (χ2v) is 15.1. The van der Waals surface area contributed by atoms with E-state index in [9.17, 15) is 14.7 Å². The summed E-state index contributed by atoms with van der Waals surface area (Å²) >= 11 is 0. The van der Waals surface area contributed by atoms with Crippen LogP contribution in [-0.2, 0) is 19.1 Å². The maximum atomic E-state index is 12.1. The highest BCUT2D eigenvalue weighted by Gasteiger charge is 2.16. The maximum absolute atomic E-state index is 12.1. The molecule has 0 amide bonds. The number of aliphatic hydroxyl groups excluding tert-OH is 1. The van der Waals surface area contributed by atoms with Crippen LogP contribution in [0.5, 0.6) is 0 Å². The van der Waals surface area contributed by atoms with E-state index >= 15 is 0 Å². The SMILES string of the molecule is CCCCCCC/C=C\C/C=C\CCCCCCCCCCCCCCCCCCCCCC(=O)OC(CO)COC(=O)CCCCCCCC. The molecule has 0 aromatic rings. The highest BCUT2D eigenvalue weighted by Crippen LogP contribution is 2.16. The van der Waals surface area contributed by atoms with Crippen LogP contribution in [0.15, 0.2) is 24.3 Å². The van der Waals surface area contributed by atoms with Crippen molar-refractivity contribution in [3.63, 3.8) is 0 Å². The van der Waals surface area contributed by atoms with Gasteiger partial charge in [-0.2, -0.15) is 0 Å². The van der Waals surface area contributed by atoms with Crippen LogP contribution in [-0.4, -0.2) is 36.4 Å². The number of hydrogen-bond donors (Lipinski definition) is 1. The third-order valence-electron chi connectivity index (χ3n) is 10.00. The van der Waals surface area contributed by atoms with Gasteiger partial charge >= 0.3 is 11.9 Å². The van der Waals surface area contributed by atoms with Crippen molar-refractivity contribution in [2.45, 2.75) is 245 Å². The van der Waals surface area contributed by atoms with E-state index < -0.39 is 6.10 Å². The Morgan fingerprint density at radius 3 is 1.16 bits per heavy atom. The van der Waals surface area contributed by atoms with Crippen molar-refractivity contribution < 1.29 is 24.2 Å². The smallest absolute Gasteiger partial charge is 0.306 e. The van der Waals surface area contributed by atoms with Crippen LogP contribution in [0.1, 0.15) is 239 Å². The molecule has 0 aliphatic heterocycles. The second-order valence-electron chi connectivity index (χ2n) is 15.1. The standard InChI is InChI=1S/C46H86O5/c1-3-5-7-9-11-12-13-14-15-16-17-18-19-20-21-22-23-24-25-26-27-28-29-30-31-32-33-34-35-37-39-41-46(49)51-44(42-47)43-50-45(48)40-38-36-10-8-6-4-2/h13-14,16-17,44,47H,3-12,15,18-43H2,1-2H3/b14-13-,17-16-. The molecule has 0 radical (unpaired) electrons. The number of unbranched alkanes of at least 4 members (excludes halogenated alkanes) is 29. The second kappa shape index (κ2) is 42.8. The van der Waals surface area contributed by atoms with Gasteiger partial charge in [-0.15, -0.1) is 0 Å². The van der Waals surface area contributed by atoms with Crippen molar-refractivity contribution in [1.82, 2.24) is 0 Å². The summed E-state index contributed by atoms with van der Waals surface area (Å²) in [4.78, 5) is 24.0. The van der Waals surface area contributed by atoms with E-state index in [0.717, 1.165) is 44.9 Å². The van der Waals surface area contributed by atoms with Crippen LogP contribution in [0.2, 0.25) is 0 Å². The van der Waals surface area contributed by atoms with Crippen molar-refractivity contribution in [1.29, 1.82) is 0 Å². The topological polar surface area (TPSA) is 72.8 Å². The summed E-state index contributed by atoms with van der Waals surface area (Å²) in [5.74, 6) is -0.591. The highest BCUT2D eigenvalue weighted by molar-refractivity contribution is 5.70. The lowest BCUT2D eigenvalue weighted by Crippen LogP contribution is -2.28. The molecule has 0 bridgehead atoms. The zero-order valence-electron chi connectivity index (χ0n) is 34.1. The van der Waals surface area contributed by atoms with Crippen molar-refractivity contribution in [2.24, 2.45) is 0 Å². The normalized spacial score (nSPS) is 12.3. The molecule has 5 nitrogen and oxygen atoms in total. The van der Waals surface area contributed by atoms with Gasteiger partial charge < -0.3 is 14.6 Å². The minimum absolute atomic E-state index is 0.0616. The lowest BCUT2D eigenvalue weighted by molar-refractivity contribution is -0.161. The van der Waals surface area contributed by atoms with Crippen LogP contribution in [0.3, 0.4) is 0 Å². The monoisotopic (exact) mass is 719 g/mol. The van der Waals surface area contributed by atoms with Crippen molar-refractivity contribution in [2.75, 3.05) is 13.2 Å². The molecule has 0 aromatic heterocycles. The van der Waals surface area contributed by atoms with E-state index in [0.29, 0.717) is 12.8 Å². The molecule has 1 atom stereocenters. The van der Waals surface area contributed by atoms with E-state index in [2.05, 4.69) is 38.2 Å². The number of allylic oxidation sites excluding steroid dienone is 4. The molecule has 0 aliphatic rings. The third kappa shape index (κ3) is 41.0. The summed E-state index contributed by atoms with van der Waals surface area (Å²) < 4.78 is 10.5. The molecule has 0 saturated heterocycles. The molecule has 300 valence electrons. The third-order valence-corrected chi connectivity index (χ3v) is 10.00. The average Bonchev–Trinajstić information content (AvgIpc) is 3.13. The van der Waals surface area contributed by atoms with Crippen molar-refractivity contribution >= 4 is 11.9 Å².